The second kappa shape index (κ2) is 8.91. The summed E-state index contributed by atoms with van der Waals surface area (Å²) in [6.07, 6.45) is 1.31. The first kappa shape index (κ1) is 18.6. The van der Waals surface area contributed by atoms with E-state index in [0.29, 0.717) is 37.6 Å². The lowest BCUT2D eigenvalue weighted by atomic mass is 10.1. The molecule has 2 amide bonds. The number of nitrogens with zero attached hydrogens (tertiary/aromatic N) is 2. The number of piperidine rings is 1. The number of carbonyl (C=O) groups is 2. The minimum atomic E-state index is -0.197. The highest BCUT2D eigenvalue weighted by atomic mass is 16.3. The van der Waals surface area contributed by atoms with Gasteiger partial charge in [0.2, 0.25) is 5.91 Å². The molecule has 25 heavy (non-hydrogen) atoms. The third-order valence-corrected chi connectivity index (χ3v) is 4.02. The second-order valence-electron chi connectivity index (χ2n) is 5.96. The molecule has 1 unspecified atom stereocenters. The van der Waals surface area contributed by atoms with E-state index in [0.717, 1.165) is 6.42 Å². The molecule has 1 aromatic rings. The summed E-state index contributed by atoms with van der Waals surface area (Å²) in [4.78, 5) is 29.3. The number of rotatable bonds is 5. The predicted octanol–water partition coefficient (Wildman–Crippen LogP) is -0.0922. The molecule has 0 bridgehead atoms. The molecule has 0 aliphatic carbocycles. The van der Waals surface area contributed by atoms with Crippen molar-refractivity contribution in [3.8, 4) is 5.75 Å². The van der Waals surface area contributed by atoms with Crippen molar-refractivity contribution in [2.45, 2.75) is 18.9 Å². The Hall–Kier alpha value is -2.77. The summed E-state index contributed by atoms with van der Waals surface area (Å²) < 4.78 is 0. The predicted molar refractivity (Wildman–Crippen MR) is 95.6 cm³/mol. The molecule has 1 aromatic carbocycles. The van der Waals surface area contributed by atoms with Gasteiger partial charge in [0, 0.05) is 51.8 Å². The summed E-state index contributed by atoms with van der Waals surface area (Å²) in [6.45, 7) is 1.60. The van der Waals surface area contributed by atoms with Crippen LogP contribution in [0.15, 0.2) is 29.3 Å². The van der Waals surface area contributed by atoms with Crippen LogP contribution in [0.2, 0.25) is 0 Å². The van der Waals surface area contributed by atoms with Crippen LogP contribution in [0.4, 0.5) is 0 Å². The summed E-state index contributed by atoms with van der Waals surface area (Å²) in [5, 5.41) is 18.4. The van der Waals surface area contributed by atoms with Crippen LogP contribution in [0.25, 0.3) is 0 Å². The van der Waals surface area contributed by atoms with Crippen molar-refractivity contribution in [2.75, 3.05) is 33.7 Å². The monoisotopic (exact) mass is 347 g/mol. The Balaban J connectivity index is 1.70. The van der Waals surface area contributed by atoms with Gasteiger partial charge in [-0.15, -0.1) is 0 Å². The SMILES string of the molecule is CN=C(NCCNC(=O)c1ccc(O)cc1)NC1CCC(=O)N(C)C1. The molecule has 0 spiro atoms. The van der Waals surface area contributed by atoms with Crippen molar-refractivity contribution in [1.29, 1.82) is 0 Å². The molecule has 0 saturated carbocycles. The largest absolute Gasteiger partial charge is 0.508 e. The molecule has 1 fully saturated rings. The number of likely N-dealkylation sites (tertiary alicyclic amines) is 1. The van der Waals surface area contributed by atoms with E-state index >= 15 is 0 Å². The molecule has 1 aliphatic rings. The zero-order valence-corrected chi connectivity index (χ0v) is 14.6. The molecule has 1 atom stereocenters. The number of amides is 2. The lowest BCUT2D eigenvalue weighted by Crippen LogP contribution is -2.52. The van der Waals surface area contributed by atoms with Gasteiger partial charge in [0.05, 0.1) is 0 Å². The van der Waals surface area contributed by atoms with Crippen molar-refractivity contribution >= 4 is 17.8 Å². The van der Waals surface area contributed by atoms with Gasteiger partial charge in [-0.05, 0) is 30.7 Å². The number of hydrogen-bond acceptors (Lipinski definition) is 4. The van der Waals surface area contributed by atoms with Gasteiger partial charge in [-0.3, -0.25) is 14.6 Å². The van der Waals surface area contributed by atoms with Gasteiger partial charge in [0.1, 0.15) is 5.75 Å². The number of aliphatic imine (C=N–C) groups is 1. The summed E-state index contributed by atoms with van der Waals surface area (Å²) in [5.74, 6) is 0.741. The fourth-order valence-corrected chi connectivity index (χ4v) is 2.59. The topological polar surface area (TPSA) is 106 Å². The van der Waals surface area contributed by atoms with E-state index in [2.05, 4.69) is 20.9 Å². The molecule has 1 aliphatic heterocycles. The molecule has 1 heterocycles. The Morgan fingerprint density at radius 2 is 1.96 bits per heavy atom. The molecule has 4 N–H and O–H groups in total. The van der Waals surface area contributed by atoms with Crippen molar-refractivity contribution in [3.63, 3.8) is 0 Å². The quantitative estimate of drug-likeness (QED) is 0.338. The number of likely N-dealkylation sites (N-methyl/N-ethyl adjacent to an activating group) is 1. The molecule has 8 nitrogen and oxygen atoms in total. The van der Waals surface area contributed by atoms with Gasteiger partial charge in [0.25, 0.3) is 5.91 Å². The first-order chi connectivity index (χ1) is 12.0. The molecule has 8 heteroatoms. The fourth-order valence-electron chi connectivity index (χ4n) is 2.59. The first-order valence-electron chi connectivity index (χ1n) is 8.28. The summed E-state index contributed by atoms with van der Waals surface area (Å²) in [6, 6.07) is 6.26. The van der Waals surface area contributed by atoms with E-state index in [-0.39, 0.29) is 23.6 Å². The Morgan fingerprint density at radius 3 is 2.60 bits per heavy atom. The molecule has 0 radical (unpaired) electrons. The lowest BCUT2D eigenvalue weighted by molar-refractivity contribution is -0.132. The standard InChI is InChI=1S/C17H25N5O3/c1-18-17(21-13-5-8-15(24)22(2)11-13)20-10-9-19-16(25)12-3-6-14(23)7-4-12/h3-4,6-7,13,23H,5,8-11H2,1-2H3,(H,19,25)(H2,18,20,21). The third kappa shape index (κ3) is 5.66. The van der Waals surface area contributed by atoms with Crippen LogP contribution in [0, 0.1) is 0 Å². The number of benzene rings is 1. The van der Waals surface area contributed by atoms with E-state index in [1.165, 1.54) is 12.1 Å². The smallest absolute Gasteiger partial charge is 0.251 e. The molecule has 2 rings (SSSR count). The van der Waals surface area contributed by atoms with Crippen molar-refractivity contribution < 1.29 is 14.7 Å². The van der Waals surface area contributed by atoms with Crippen LogP contribution in [-0.4, -0.2) is 67.6 Å². The van der Waals surface area contributed by atoms with Crippen LogP contribution in [0.3, 0.4) is 0 Å². The Kier molecular flexibility index (Phi) is 6.62. The van der Waals surface area contributed by atoms with Crippen molar-refractivity contribution in [3.05, 3.63) is 29.8 Å². The van der Waals surface area contributed by atoms with E-state index in [1.807, 2.05) is 0 Å². The van der Waals surface area contributed by atoms with Gasteiger partial charge in [0.15, 0.2) is 5.96 Å². The number of nitrogens with one attached hydrogen (secondary N) is 3. The van der Waals surface area contributed by atoms with Crippen LogP contribution in [0.1, 0.15) is 23.2 Å². The van der Waals surface area contributed by atoms with Gasteiger partial charge < -0.3 is 26.0 Å². The van der Waals surface area contributed by atoms with Crippen LogP contribution >= 0.6 is 0 Å². The average molecular weight is 347 g/mol. The molecule has 1 saturated heterocycles. The Bertz CT molecular complexity index is 630. The minimum Gasteiger partial charge on any atom is -0.508 e. The average Bonchev–Trinajstić information content (AvgIpc) is 2.61. The first-order valence-corrected chi connectivity index (χ1v) is 8.28. The summed E-state index contributed by atoms with van der Waals surface area (Å²) >= 11 is 0. The number of carbonyl (C=O) groups excluding carboxylic acids is 2. The number of hydrogen-bond donors (Lipinski definition) is 4. The van der Waals surface area contributed by atoms with Gasteiger partial charge in [-0.1, -0.05) is 0 Å². The summed E-state index contributed by atoms with van der Waals surface area (Å²) in [5.41, 5.74) is 0.496. The highest BCUT2D eigenvalue weighted by Crippen LogP contribution is 2.10. The van der Waals surface area contributed by atoms with Gasteiger partial charge in [-0.25, -0.2) is 0 Å². The second-order valence-corrected chi connectivity index (χ2v) is 5.96. The lowest BCUT2D eigenvalue weighted by Gasteiger charge is -2.31. The zero-order valence-electron chi connectivity index (χ0n) is 14.6. The Morgan fingerprint density at radius 1 is 1.28 bits per heavy atom. The van der Waals surface area contributed by atoms with E-state index in [4.69, 9.17) is 0 Å². The molecular weight excluding hydrogens is 322 g/mol. The maximum absolute atomic E-state index is 12.0. The number of phenols is 1. The molecule has 0 aromatic heterocycles. The van der Waals surface area contributed by atoms with E-state index < -0.39 is 0 Å². The van der Waals surface area contributed by atoms with Crippen molar-refractivity contribution in [1.82, 2.24) is 20.9 Å². The molecule has 136 valence electrons. The summed E-state index contributed by atoms with van der Waals surface area (Å²) in [7, 11) is 3.48. The van der Waals surface area contributed by atoms with Gasteiger partial charge in [-0.2, -0.15) is 0 Å². The third-order valence-electron chi connectivity index (χ3n) is 4.02. The Labute approximate surface area is 147 Å². The number of phenolic OH excluding ortho intramolecular Hbond substituents is 1. The highest BCUT2D eigenvalue weighted by molar-refractivity contribution is 5.94. The zero-order chi connectivity index (χ0) is 18.2. The normalized spacial score (nSPS) is 18.0. The molecular formula is C17H25N5O3. The fraction of sp³-hybridized carbons (Fsp3) is 0.471. The van der Waals surface area contributed by atoms with Crippen LogP contribution in [-0.2, 0) is 4.79 Å². The maximum atomic E-state index is 12.0. The number of guanidine groups is 1. The van der Waals surface area contributed by atoms with Crippen LogP contribution in [0.5, 0.6) is 5.75 Å². The van der Waals surface area contributed by atoms with Crippen LogP contribution < -0.4 is 16.0 Å². The van der Waals surface area contributed by atoms with Gasteiger partial charge >= 0.3 is 0 Å². The van der Waals surface area contributed by atoms with E-state index in [9.17, 15) is 14.7 Å². The maximum Gasteiger partial charge on any atom is 0.251 e. The minimum absolute atomic E-state index is 0.128. The van der Waals surface area contributed by atoms with Crippen molar-refractivity contribution in [2.24, 2.45) is 4.99 Å². The highest BCUT2D eigenvalue weighted by Gasteiger charge is 2.23. The number of aromatic hydroxyl groups is 1. The van der Waals surface area contributed by atoms with E-state index in [1.54, 1.807) is 31.1 Å².